The van der Waals surface area contributed by atoms with Crippen LogP contribution in [0.5, 0.6) is 0 Å². The van der Waals surface area contributed by atoms with Crippen LogP contribution < -0.4 is 5.32 Å². The Morgan fingerprint density at radius 1 is 1.50 bits per heavy atom. The zero-order valence-electron chi connectivity index (χ0n) is 11.7. The molecule has 2 aromatic rings. The summed E-state index contributed by atoms with van der Waals surface area (Å²) < 4.78 is 1.77. The lowest BCUT2D eigenvalue weighted by Crippen LogP contribution is -2.14. The van der Waals surface area contributed by atoms with Gasteiger partial charge in [0.25, 0.3) is 5.69 Å². The largest absolute Gasteiger partial charge is 0.325 e. The van der Waals surface area contributed by atoms with E-state index in [1.807, 2.05) is 6.92 Å². The van der Waals surface area contributed by atoms with E-state index in [0.29, 0.717) is 10.8 Å². The summed E-state index contributed by atoms with van der Waals surface area (Å²) in [7, 11) is 1.80. The summed E-state index contributed by atoms with van der Waals surface area (Å²) in [6.07, 6.45) is 0. The molecule has 0 bridgehead atoms. The van der Waals surface area contributed by atoms with E-state index in [4.69, 9.17) is 11.6 Å². The Hall–Kier alpha value is -2.13. The molecule has 0 saturated carbocycles. The highest BCUT2D eigenvalue weighted by molar-refractivity contribution is 7.99. The average molecular weight is 342 g/mol. The van der Waals surface area contributed by atoms with Crippen LogP contribution in [0.25, 0.3) is 0 Å². The Morgan fingerprint density at radius 3 is 2.82 bits per heavy atom. The van der Waals surface area contributed by atoms with Gasteiger partial charge in [-0.25, -0.2) is 0 Å². The number of nitro benzene ring substituents is 1. The normalized spacial score (nSPS) is 10.5. The first-order chi connectivity index (χ1) is 10.4. The first kappa shape index (κ1) is 16.2. The minimum absolute atomic E-state index is 0.0203. The molecule has 0 aliphatic heterocycles. The molecule has 0 unspecified atom stereocenters. The molecule has 0 fully saturated rings. The second-order valence-corrected chi connectivity index (χ2v) is 5.70. The number of aryl methyl sites for hydroxylation is 1. The van der Waals surface area contributed by atoms with Gasteiger partial charge in [-0.3, -0.25) is 14.9 Å². The summed E-state index contributed by atoms with van der Waals surface area (Å²) in [4.78, 5) is 22.1. The molecule has 0 aliphatic rings. The predicted octanol–water partition coefficient (Wildman–Crippen LogP) is 2.42. The van der Waals surface area contributed by atoms with Crippen LogP contribution in [0.3, 0.4) is 0 Å². The van der Waals surface area contributed by atoms with Gasteiger partial charge < -0.3 is 9.88 Å². The second-order valence-electron chi connectivity index (χ2n) is 4.35. The number of nitro groups is 1. The Kier molecular flexibility index (Phi) is 4.99. The van der Waals surface area contributed by atoms with Crippen LogP contribution in [0.2, 0.25) is 5.02 Å². The van der Waals surface area contributed by atoms with Gasteiger partial charge in [0.2, 0.25) is 5.91 Å². The van der Waals surface area contributed by atoms with Crippen molar-refractivity contribution in [1.29, 1.82) is 0 Å². The molecule has 0 atom stereocenters. The Labute approximate surface area is 135 Å². The third-order valence-corrected chi connectivity index (χ3v) is 4.15. The number of carbonyl (C=O) groups excluding carboxylic acids is 1. The molecular weight excluding hydrogens is 330 g/mol. The highest BCUT2D eigenvalue weighted by Crippen LogP contribution is 2.27. The lowest BCUT2D eigenvalue weighted by Gasteiger charge is -2.05. The molecule has 1 aromatic heterocycles. The maximum Gasteiger partial charge on any atom is 0.289 e. The highest BCUT2D eigenvalue weighted by Gasteiger charge is 2.14. The number of nitrogens with zero attached hydrogens (tertiary/aromatic N) is 4. The van der Waals surface area contributed by atoms with Gasteiger partial charge in [-0.1, -0.05) is 23.4 Å². The van der Waals surface area contributed by atoms with E-state index in [2.05, 4.69) is 15.5 Å². The van der Waals surface area contributed by atoms with E-state index in [1.54, 1.807) is 11.6 Å². The zero-order chi connectivity index (χ0) is 16.3. The molecule has 116 valence electrons. The van der Waals surface area contributed by atoms with Gasteiger partial charge in [-0.2, -0.15) is 0 Å². The number of aromatic nitrogens is 3. The number of amides is 1. The van der Waals surface area contributed by atoms with Gasteiger partial charge in [0.15, 0.2) is 5.16 Å². The molecule has 1 amide bonds. The van der Waals surface area contributed by atoms with E-state index in [1.165, 1.54) is 30.0 Å². The van der Waals surface area contributed by atoms with Gasteiger partial charge in [-0.05, 0) is 19.1 Å². The Bertz CT molecular complexity index is 734. The minimum Gasteiger partial charge on any atom is -0.325 e. The maximum atomic E-state index is 11.9. The van der Waals surface area contributed by atoms with Crippen LogP contribution in [0.4, 0.5) is 11.4 Å². The maximum absolute atomic E-state index is 11.9. The van der Waals surface area contributed by atoms with Gasteiger partial charge >= 0.3 is 0 Å². The van der Waals surface area contributed by atoms with Crippen molar-refractivity contribution in [2.75, 3.05) is 11.1 Å². The third-order valence-electron chi connectivity index (χ3n) is 2.81. The Morgan fingerprint density at radius 2 is 2.23 bits per heavy atom. The van der Waals surface area contributed by atoms with Crippen LogP contribution in [0, 0.1) is 17.0 Å². The molecule has 1 heterocycles. The highest BCUT2D eigenvalue weighted by atomic mass is 35.5. The zero-order valence-corrected chi connectivity index (χ0v) is 13.3. The molecule has 0 saturated heterocycles. The molecule has 8 nitrogen and oxygen atoms in total. The molecule has 22 heavy (non-hydrogen) atoms. The second kappa shape index (κ2) is 6.75. The number of thioether (sulfide) groups is 1. The molecule has 1 aromatic carbocycles. The number of anilines is 1. The van der Waals surface area contributed by atoms with E-state index >= 15 is 0 Å². The minimum atomic E-state index is -0.602. The standard InChI is InChI=1S/C12H12ClN5O3S/c1-7-15-16-12(17(7)2)22-6-11(19)14-8-3-4-9(13)10(5-8)18(20)21/h3-5H,6H2,1-2H3,(H,14,19). The number of hydrogen-bond donors (Lipinski definition) is 1. The molecule has 0 aliphatic carbocycles. The van der Waals surface area contributed by atoms with E-state index in [-0.39, 0.29) is 22.4 Å². The van der Waals surface area contributed by atoms with Gasteiger partial charge in [0.1, 0.15) is 10.8 Å². The molecular formula is C12H12ClN5O3S. The predicted molar refractivity (Wildman–Crippen MR) is 83.2 cm³/mol. The summed E-state index contributed by atoms with van der Waals surface area (Å²) in [5.74, 6) is 0.557. The fourth-order valence-electron chi connectivity index (χ4n) is 1.57. The smallest absolute Gasteiger partial charge is 0.289 e. The number of rotatable bonds is 5. The molecule has 10 heteroatoms. The van der Waals surface area contributed by atoms with E-state index in [9.17, 15) is 14.9 Å². The number of hydrogen-bond acceptors (Lipinski definition) is 6. The van der Waals surface area contributed by atoms with Gasteiger partial charge in [-0.15, -0.1) is 10.2 Å². The summed E-state index contributed by atoms with van der Waals surface area (Å²) in [6.45, 7) is 1.81. The van der Waals surface area contributed by atoms with Crippen LogP contribution in [-0.2, 0) is 11.8 Å². The third kappa shape index (κ3) is 3.74. The van der Waals surface area contributed by atoms with Gasteiger partial charge in [0.05, 0.1) is 10.7 Å². The van der Waals surface area contributed by atoms with Crippen LogP contribution in [0.15, 0.2) is 23.4 Å². The summed E-state index contributed by atoms with van der Waals surface area (Å²) in [5, 5.41) is 21.8. The summed E-state index contributed by atoms with van der Waals surface area (Å²) in [5.41, 5.74) is 0.0619. The van der Waals surface area contributed by atoms with Crippen LogP contribution in [-0.4, -0.2) is 31.3 Å². The lowest BCUT2D eigenvalue weighted by molar-refractivity contribution is -0.384. The van der Waals surface area contributed by atoms with Crippen molar-refractivity contribution in [3.8, 4) is 0 Å². The molecule has 1 N–H and O–H groups in total. The number of halogens is 1. The number of carbonyl (C=O) groups is 1. The SMILES string of the molecule is Cc1nnc(SCC(=O)Nc2ccc(Cl)c([N+](=O)[O-])c2)n1C. The molecule has 0 radical (unpaired) electrons. The van der Waals surface area contributed by atoms with Crippen molar-refractivity contribution in [3.05, 3.63) is 39.2 Å². The van der Waals surface area contributed by atoms with Crippen molar-refractivity contribution < 1.29 is 9.72 Å². The average Bonchev–Trinajstić information content (AvgIpc) is 2.78. The molecule has 2 rings (SSSR count). The lowest BCUT2D eigenvalue weighted by atomic mass is 10.3. The van der Waals surface area contributed by atoms with Crippen molar-refractivity contribution in [1.82, 2.24) is 14.8 Å². The summed E-state index contributed by atoms with van der Waals surface area (Å²) in [6, 6.07) is 4.09. The van der Waals surface area contributed by atoms with Crippen molar-refractivity contribution >= 4 is 40.6 Å². The van der Waals surface area contributed by atoms with Crippen molar-refractivity contribution in [2.24, 2.45) is 7.05 Å². The monoisotopic (exact) mass is 341 g/mol. The summed E-state index contributed by atoms with van der Waals surface area (Å²) >= 11 is 6.94. The fourth-order valence-corrected chi connectivity index (χ4v) is 2.51. The van der Waals surface area contributed by atoms with Crippen molar-refractivity contribution in [3.63, 3.8) is 0 Å². The van der Waals surface area contributed by atoms with E-state index in [0.717, 1.165) is 5.82 Å². The fraction of sp³-hybridized carbons (Fsp3) is 0.250. The number of benzene rings is 1. The van der Waals surface area contributed by atoms with Gasteiger partial charge in [0, 0.05) is 18.8 Å². The molecule has 0 spiro atoms. The first-order valence-corrected chi connectivity index (χ1v) is 7.47. The van der Waals surface area contributed by atoms with Crippen LogP contribution in [0.1, 0.15) is 5.82 Å². The van der Waals surface area contributed by atoms with E-state index < -0.39 is 4.92 Å². The first-order valence-electron chi connectivity index (χ1n) is 6.11. The Balaban J connectivity index is 1.99. The van der Waals surface area contributed by atoms with Crippen molar-refractivity contribution in [2.45, 2.75) is 12.1 Å². The quantitative estimate of drug-likeness (QED) is 0.509. The van der Waals surface area contributed by atoms with Crippen LogP contribution >= 0.6 is 23.4 Å². The topological polar surface area (TPSA) is 103 Å². The number of nitrogens with one attached hydrogen (secondary N) is 1.